The molecule has 38 heavy (non-hydrogen) atoms. The van der Waals surface area contributed by atoms with E-state index in [2.05, 4.69) is 30.6 Å². The van der Waals surface area contributed by atoms with Gasteiger partial charge in [0, 0.05) is 23.5 Å². The fourth-order valence-electron chi connectivity index (χ4n) is 3.80. The third-order valence-corrected chi connectivity index (χ3v) is 5.74. The van der Waals surface area contributed by atoms with E-state index in [9.17, 15) is 20.3 Å². The van der Waals surface area contributed by atoms with Crippen LogP contribution in [-0.2, 0) is 0 Å². The molecule has 2 aromatic heterocycles. The summed E-state index contributed by atoms with van der Waals surface area (Å²) >= 11 is 0. The van der Waals surface area contributed by atoms with E-state index in [0.29, 0.717) is 22.0 Å². The van der Waals surface area contributed by atoms with Crippen molar-refractivity contribution in [1.82, 2.24) is 19.7 Å². The van der Waals surface area contributed by atoms with Crippen LogP contribution in [0.2, 0.25) is 0 Å². The topological polar surface area (TPSA) is 162 Å². The first-order valence-corrected chi connectivity index (χ1v) is 11.5. The fraction of sp³-hybridized carbons (Fsp3) is 0.0741. The van der Waals surface area contributed by atoms with Crippen LogP contribution in [0.5, 0.6) is 5.75 Å². The van der Waals surface area contributed by atoms with Gasteiger partial charge in [0.15, 0.2) is 11.6 Å². The van der Waals surface area contributed by atoms with Crippen molar-refractivity contribution in [2.24, 2.45) is 10.2 Å². The molecule has 0 aliphatic rings. The van der Waals surface area contributed by atoms with Crippen molar-refractivity contribution in [2.75, 3.05) is 5.32 Å². The number of aliphatic hydroxyl groups excluding tert-OH is 1. The first-order chi connectivity index (χ1) is 18.5. The molecule has 1 unspecified atom stereocenters. The molecular weight excluding hydrogens is 484 g/mol. The zero-order valence-corrected chi connectivity index (χ0v) is 20.0. The molecule has 5 aromatic rings. The minimum Gasteiger partial charge on any atom is -0.505 e. The van der Waals surface area contributed by atoms with Crippen LogP contribution in [0.3, 0.4) is 0 Å². The molecule has 11 nitrogen and oxygen atoms in total. The number of hydrogen-bond acceptors (Lipinski definition) is 9. The number of carbonyl (C=O) groups is 1. The molecule has 0 radical (unpaired) electrons. The van der Waals surface area contributed by atoms with Gasteiger partial charge in [-0.2, -0.15) is 15.0 Å². The number of azo groups is 1. The summed E-state index contributed by atoms with van der Waals surface area (Å²) in [5.74, 6) is -0.692. The number of anilines is 1. The Balaban J connectivity index is 1.56. The molecule has 0 saturated carbocycles. The average molecular weight is 505 g/mol. The minimum atomic E-state index is -0.636. The second kappa shape index (κ2) is 10.3. The number of nitrogens with one attached hydrogen (secondary N) is 1. The van der Waals surface area contributed by atoms with E-state index in [1.54, 1.807) is 67.6 Å². The summed E-state index contributed by atoms with van der Waals surface area (Å²) in [6.07, 6.45) is 3.73. The quantitative estimate of drug-likeness (QED) is 0.270. The van der Waals surface area contributed by atoms with Gasteiger partial charge in [-0.3, -0.25) is 4.79 Å². The molecule has 1 amide bonds. The van der Waals surface area contributed by atoms with Crippen molar-refractivity contribution in [2.45, 2.75) is 13.0 Å². The molecule has 11 heteroatoms. The van der Waals surface area contributed by atoms with Gasteiger partial charge in [0.1, 0.15) is 17.3 Å². The number of aromatic nitrogens is 4. The van der Waals surface area contributed by atoms with E-state index in [-0.39, 0.29) is 34.3 Å². The molecule has 5 rings (SSSR count). The lowest BCUT2D eigenvalue weighted by Crippen LogP contribution is -2.12. The van der Waals surface area contributed by atoms with Gasteiger partial charge >= 0.3 is 0 Å². The first-order valence-electron chi connectivity index (χ1n) is 11.5. The summed E-state index contributed by atoms with van der Waals surface area (Å²) in [4.78, 5) is 21.4. The smallest absolute Gasteiger partial charge is 0.259 e. The number of phenols is 1. The molecule has 1 atom stereocenters. The van der Waals surface area contributed by atoms with Crippen molar-refractivity contribution in [3.8, 4) is 17.8 Å². The predicted octanol–water partition coefficient (Wildman–Crippen LogP) is 5.11. The normalized spacial score (nSPS) is 11.9. The third kappa shape index (κ3) is 4.67. The summed E-state index contributed by atoms with van der Waals surface area (Å²) in [6, 6.07) is 19.0. The summed E-state index contributed by atoms with van der Waals surface area (Å²) < 4.78 is 1.26. The standard InChI is InChI=1S/C27H20N8O3/c1-16(36)17-7-9-20(10-8-17)32-26(38)22-13-18-5-2-3-6-21(18)23(24(22)37)33-34-25-19(14-28)15-31-35(25)27-29-11-4-12-30-27/h2-13,15-16,36-37H,1H3,(H,32,38)/b34-33+. The molecule has 0 spiro atoms. The Bertz CT molecular complexity index is 1700. The number of fused-ring (bicyclic) bond motifs is 1. The number of phenolic OH excluding ortho intramolecular Hbond substituents is 1. The average Bonchev–Trinajstić information content (AvgIpc) is 3.36. The molecule has 0 bridgehead atoms. The van der Waals surface area contributed by atoms with Crippen LogP contribution < -0.4 is 5.32 Å². The van der Waals surface area contributed by atoms with Crippen LogP contribution in [-0.4, -0.2) is 35.9 Å². The van der Waals surface area contributed by atoms with E-state index >= 15 is 0 Å². The number of aromatic hydroxyl groups is 1. The number of aliphatic hydroxyl groups is 1. The Morgan fingerprint density at radius 1 is 1.08 bits per heavy atom. The second-order valence-corrected chi connectivity index (χ2v) is 8.25. The van der Waals surface area contributed by atoms with Crippen molar-refractivity contribution < 1.29 is 15.0 Å². The highest BCUT2D eigenvalue weighted by atomic mass is 16.3. The zero-order chi connectivity index (χ0) is 26.6. The molecular formula is C27H20N8O3. The van der Waals surface area contributed by atoms with E-state index in [1.165, 1.54) is 23.3 Å². The maximum atomic E-state index is 13.2. The van der Waals surface area contributed by atoms with Crippen LogP contribution in [0, 0.1) is 11.3 Å². The Hall–Kier alpha value is -5.47. The van der Waals surface area contributed by atoms with Crippen LogP contribution in [0.4, 0.5) is 17.2 Å². The van der Waals surface area contributed by atoms with Gasteiger partial charge in [0.25, 0.3) is 11.9 Å². The van der Waals surface area contributed by atoms with Crippen molar-refractivity contribution >= 4 is 33.9 Å². The summed E-state index contributed by atoms with van der Waals surface area (Å²) in [5, 5.41) is 46.9. The predicted molar refractivity (Wildman–Crippen MR) is 139 cm³/mol. The maximum Gasteiger partial charge on any atom is 0.259 e. The molecule has 0 aliphatic heterocycles. The lowest BCUT2D eigenvalue weighted by Gasteiger charge is -2.12. The number of nitrogens with zero attached hydrogens (tertiary/aromatic N) is 7. The Morgan fingerprint density at radius 3 is 2.53 bits per heavy atom. The number of rotatable bonds is 6. The van der Waals surface area contributed by atoms with Crippen LogP contribution >= 0.6 is 0 Å². The van der Waals surface area contributed by atoms with Gasteiger partial charge in [-0.25, -0.2) is 9.97 Å². The molecule has 0 aliphatic carbocycles. The van der Waals surface area contributed by atoms with E-state index < -0.39 is 12.0 Å². The van der Waals surface area contributed by atoms with E-state index in [0.717, 1.165) is 0 Å². The van der Waals surface area contributed by atoms with Gasteiger partial charge in [0.2, 0.25) is 0 Å². The monoisotopic (exact) mass is 504 g/mol. The molecule has 3 aromatic carbocycles. The lowest BCUT2D eigenvalue weighted by molar-refractivity contribution is 0.102. The number of benzene rings is 3. The number of amides is 1. The summed E-state index contributed by atoms with van der Waals surface area (Å²) in [6.45, 7) is 1.65. The largest absolute Gasteiger partial charge is 0.505 e. The number of nitriles is 1. The molecule has 0 saturated heterocycles. The van der Waals surface area contributed by atoms with Crippen LogP contribution in [0.15, 0.2) is 89.5 Å². The maximum absolute atomic E-state index is 13.2. The first kappa shape index (κ1) is 24.2. The highest BCUT2D eigenvalue weighted by molar-refractivity contribution is 6.11. The van der Waals surface area contributed by atoms with Gasteiger partial charge in [-0.1, -0.05) is 36.4 Å². The highest BCUT2D eigenvalue weighted by Gasteiger charge is 2.20. The fourth-order valence-corrected chi connectivity index (χ4v) is 3.80. The van der Waals surface area contributed by atoms with Gasteiger partial charge < -0.3 is 15.5 Å². The zero-order valence-electron chi connectivity index (χ0n) is 20.0. The lowest BCUT2D eigenvalue weighted by atomic mass is 10.0. The number of carbonyl (C=O) groups excluding carboxylic acids is 1. The summed E-state index contributed by atoms with van der Waals surface area (Å²) in [5.41, 5.74) is 1.34. The summed E-state index contributed by atoms with van der Waals surface area (Å²) in [7, 11) is 0. The van der Waals surface area contributed by atoms with Crippen LogP contribution in [0.1, 0.15) is 34.5 Å². The van der Waals surface area contributed by atoms with Gasteiger partial charge in [-0.05, 0) is 42.1 Å². The highest BCUT2D eigenvalue weighted by Crippen LogP contribution is 2.40. The molecule has 0 fully saturated rings. The Labute approximate surface area is 216 Å². The Kier molecular flexibility index (Phi) is 6.54. The molecule has 3 N–H and O–H groups in total. The second-order valence-electron chi connectivity index (χ2n) is 8.25. The van der Waals surface area contributed by atoms with Crippen molar-refractivity contribution in [3.63, 3.8) is 0 Å². The Morgan fingerprint density at radius 2 is 1.82 bits per heavy atom. The third-order valence-electron chi connectivity index (χ3n) is 5.74. The van der Waals surface area contributed by atoms with Crippen molar-refractivity contribution in [1.29, 1.82) is 5.26 Å². The molecule has 2 heterocycles. The van der Waals surface area contributed by atoms with Gasteiger partial charge in [-0.15, -0.1) is 10.2 Å². The van der Waals surface area contributed by atoms with E-state index in [1.807, 2.05) is 6.07 Å². The number of hydrogen-bond donors (Lipinski definition) is 3. The SMILES string of the molecule is CC(O)c1ccc(NC(=O)c2cc3ccccc3c(/N=N/c3c(C#N)cnn3-c3ncccn3)c2O)cc1. The van der Waals surface area contributed by atoms with Crippen LogP contribution in [0.25, 0.3) is 16.7 Å². The van der Waals surface area contributed by atoms with Gasteiger partial charge in [0.05, 0.1) is 17.9 Å². The minimum absolute atomic E-state index is 0.0161. The van der Waals surface area contributed by atoms with E-state index in [4.69, 9.17) is 0 Å². The van der Waals surface area contributed by atoms with Crippen molar-refractivity contribution in [3.05, 3.63) is 95.9 Å². The molecule has 186 valence electrons.